The molecule has 0 saturated heterocycles. The Morgan fingerprint density at radius 2 is 0.174 bits per heavy atom. The molecule has 0 aliphatic carbocycles. The van der Waals surface area contributed by atoms with Crippen LogP contribution in [0.25, 0.3) is 0 Å². The zero-order valence-corrected chi connectivity index (χ0v) is 36.1. The minimum atomic E-state index is 0. The Hall–Kier alpha value is 6.42. The summed E-state index contributed by atoms with van der Waals surface area (Å²) in [6, 6.07) is 0. The molecule has 0 rings (SSSR count). The Kier molecular flexibility index (Phi) is 13000. The zero-order valence-electron chi connectivity index (χ0n) is 12.1. The van der Waals surface area contributed by atoms with Crippen LogP contribution in [0, 0.1) is 107 Å². The molecule has 140 valence electrons. The summed E-state index contributed by atoms with van der Waals surface area (Å²) in [6.45, 7) is 0. The van der Waals surface area contributed by atoms with E-state index in [1.54, 1.807) is 0 Å². The van der Waals surface area contributed by atoms with E-state index >= 15 is 0 Å². The van der Waals surface area contributed by atoms with E-state index in [-0.39, 0.29) is 293 Å². The van der Waals surface area contributed by atoms with Crippen LogP contribution in [0.5, 0.6) is 0 Å². The van der Waals surface area contributed by atoms with Crippen molar-refractivity contribution < 1.29 is 183 Å². The van der Waals surface area contributed by atoms with Gasteiger partial charge in [0.25, 0.3) is 0 Å². The molecule has 0 amide bonds. The van der Waals surface area contributed by atoms with Gasteiger partial charge in [0.2, 0.25) is 0 Å². The largest absolute Gasteiger partial charge is 0.412 e. The molecule has 0 unspecified atom stereocenters. The third-order valence-electron chi connectivity index (χ3n) is 0. The van der Waals surface area contributed by atoms with Gasteiger partial charge in [-0.3, -0.25) is 0 Å². The Labute approximate surface area is 287 Å². The van der Waals surface area contributed by atoms with Gasteiger partial charge in [0, 0.05) is 217 Å². The minimum absolute atomic E-state index is 0. The summed E-state index contributed by atoms with van der Waals surface area (Å²) in [4.78, 5) is 0. The Morgan fingerprint density at radius 1 is 0.174 bits per heavy atom. The molecule has 0 aromatic rings. The average Bonchev–Trinajstić information content (AvgIpc) is 0. The Balaban J connectivity index is 0. The summed E-state index contributed by atoms with van der Waals surface area (Å²) in [7, 11) is 0. The number of hydrogen-bond donors (Lipinski definition) is 0. The predicted molar refractivity (Wildman–Crippen MR) is 85.1 cm³/mol. The van der Waals surface area contributed by atoms with Crippen LogP contribution in [0.15, 0.2) is 0 Å². The first kappa shape index (κ1) is 576. The van der Waals surface area contributed by atoms with Gasteiger partial charge in [-0.05, 0) is 0 Å². The van der Waals surface area contributed by atoms with Crippen LogP contribution in [0.2, 0.25) is 0 Å². The van der Waals surface area contributed by atoms with Crippen molar-refractivity contribution in [3.05, 3.63) is 0 Å². The smallest absolute Gasteiger partial charge is 0 e. The van der Waals surface area contributed by atoms with Crippen molar-refractivity contribution in [2.24, 2.45) is 0 Å². The molecule has 0 aromatic carbocycles. The van der Waals surface area contributed by atoms with Gasteiger partial charge >= 0.3 is 0 Å². The average molecular weight is 1050 g/mol. The van der Waals surface area contributed by atoms with Crippen LogP contribution in [-0.4, -0.2) is 187 Å². The first-order valence-electron chi connectivity index (χ1n) is 0. The first-order chi connectivity index (χ1) is 0. The summed E-state index contributed by atoms with van der Waals surface area (Å²) < 4.78 is 0. The fourth-order valence-electron chi connectivity index (χ4n) is 0. The van der Waals surface area contributed by atoms with Gasteiger partial charge in [0.15, 0.2) is 0 Å². The van der Waals surface area contributed by atoms with E-state index in [1.807, 2.05) is 0 Å². The molecule has 28 N–H and O–H groups in total. The Bertz CT molecular complexity index is 34.4. The van der Waals surface area contributed by atoms with Crippen molar-refractivity contribution in [1.29, 1.82) is 0 Å². The van der Waals surface area contributed by atoms with Crippen LogP contribution in [-0.2, 0) is 0 Å². The predicted octanol–water partition coefficient (Wildman–Crippen LogP) is -13.8. The molecule has 0 aliphatic heterocycles. The summed E-state index contributed by atoms with van der Waals surface area (Å²) in [6.07, 6.45) is 0. The van der Waals surface area contributed by atoms with Gasteiger partial charge in [0.05, 0.1) is 0 Å². The monoisotopic (exact) mass is 1040 g/mol. The van der Waals surface area contributed by atoms with Gasteiger partial charge in [0.1, 0.15) is 0 Å². The van der Waals surface area contributed by atoms with Crippen molar-refractivity contribution in [1.82, 2.24) is 0 Å². The molecule has 0 heterocycles. The van der Waals surface area contributed by atoms with Crippen LogP contribution in [0.3, 0.4) is 0 Å². The van der Waals surface area contributed by atoms with E-state index < -0.39 is 0 Å². The van der Waals surface area contributed by atoms with Crippen molar-refractivity contribution >= 4 is 110 Å². The van der Waals surface area contributed by atoms with Gasteiger partial charge in [-0.25, -0.2) is 0 Å². The number of rotatable bonds is 0. The van der Waals surface area contributed by atoms with E-state index in [0.29, 0.717) is 0 Å². The second-order valence-corrected chi connectivity index (χ2v) is 0. The molecule has 14 nitrogen and oxygen atoms in total. The van der Waals surface area contributed by atoms with Gasteiger partial charge < -0.3 is 76.7 Å². The normalized spacial score (nSPS) is 0. The van der Waals surface area contributed by atoms with Crippen molar-refractivity contribution in [3.63, 3.8) is 0 Å². The summed E-state index contributed by atoms with van der Waals surface area (Å²) in [5, 5.41) is 0. The molecule has 0 spiro atoms. The standard InChI is InChI=1S/5Ga.3La.14H2O.Si/h;;;;;;;;14*1H2;. The molecule has 22 radical (unpaired) electrons. The van der Waals surface area contributed by atoms with E-state index in [4.69, 9.17) is 0 Å². The Morgan fingerprint density at radius 3 is 0.174 bits per heavy atom. The summed E-state index contributed by atoms with van der Waals surface area (Å²) in [5.74, 6) is 0. The molecule has 0 aromatic heterocycles. The van der Waals surface area contributed by atoms with Crippen LogP contribution in [0.1, 0.15) is 0 Å². The summed E-state index contributed by atoms with van der Waals surface area (Å²) >= 11 is 0. The maximum absolute atomic E-state index is 0. The molecular weight excluding hydrogens is 1020 g/mol. The van der Waals surface area contributed by atoms with Gasteiger partial charge in [-0.2, -0.15) is 0 Å². The second-order valence-electron chi connectivity index (χ2n) is 0. The maximum Gasteiger partial charge on any atom is 0 e. The molecular formula is H28Ga5La3O14Si. The van der Waals surface area contributed by atoms with Crippen molar-refractivity contribution in [2.45, 2.75) is 0 Å². The molecule has 0 saturated carbocycles. The molecule has 23 heteroatoms. The van der Waals surface area contributed by atoms with Gasteiger partial charge in [-0.15, -0.1) is 0 Å². The van der Waals surface area contributed by atoms with E-state index in [1.165, 1.54) is 0 Å². The molecule has 0 atom stereocenters. The minimum Gasteiger partial charge on any atom is -0.412 e. The van der Waals surface area contributed by atoms with E-state index in [9.17, 15) is 0 Å². The zero-order chi connectivity index (χ0) is 0. The SMILES string of the molecule is O.O.O.O.O.O.O.O.O.O.O.O.O.O.[Ga].[Ga].[Ga].[Ga].[Ga].[La].[La].[La].[Si]. The first-order valence-corrected chi connectivity index (χ1v) is 0. The third kappa shape index (κ3) is 481. The third-order valence-corrected chi connectivity index (χ3v) is 0. The maximum atomic E-state index is 0. The van der Waals surface area contributed by atoms with Crippen LogP contribution in [0.4, 0.5) is 0 Å². The van der Waals surface area contributed by atoms with Crippen LogP contribution >= 0.6 is 0 Å². The topological polar surface area (TPSA) is 441 Å². The fraction of sp³-hybridized carbons (Fsp3) is 0. The number of hydrogen-bond acceptors (Lipinski definition) is 0. The summed E-state index contributed by atoms with van der Waals surface area (Å²) in [5.41, 5.74) is 0. The second kappa shape index (κ2) is 518. The molecule has 0 fully saturated rings. The van der Waals surface area contributed by atoms with Crippen molar-refractivity contribution in [2.75, 3.05) is 0 Å². The fourth-order valence-corrected chi connectivity index (χ4v) is 0. The van der Waals surface area contributed by atoms with E-state index in [0.717, 1.165) is 0 Å². The quantitative estimate of drug-likeness (QED) is 0.204. The molecule has 23 heavy (non-hydrogen) atoms. The van der Waals surface area contributed by atoms with Crippen LogP contribution < -0.4 is 0 Å². The molecule has 0 aliphatic rings. The van der Waals surface area contributed by atoms with Gasteiger partial charge in [-0.1, -0.05) is 0 Å². The van der Waals surface area contributed by atoms with Crippen molar-refractivity contribution in [3.8, 4) is 0 Å². The van der Waals surface area contributed by atoms with E-state index in [2.05, 4.69) is 0 Å². The molecule has 0 bridgehead atoms.